The lowest BCUT2D eigenvalue weighted by molar-refractivity contribution is 0.243. The number of ether oxygens (including phenoxy) is 1. The number of hydrogen-bond acceptors (Lipinski definition) is 8. The summed E-state index contributed by atoms with van der Waals surface area (Å²) in [5.41, 5.74) is 1.78. The number of nitrogens with zero attached hydrogens (tertiary/aromatic N) is 5. The zero-order valence-corrected chi connectivity index (χ0v) is 17.6. The SMILES string of the molecule is COc1ccc([C@@H]2CN(c3ccncn3)CC[C@H]2NC(=O)Nc2cc(C)ns2)nc1. The Morgan fingerprint density at radius 1 is 1.30 bits per heavy atom. The maximum atomic E-state index is 12.6. The molecule has 4 rings (SSSR count). The van der Waals surface area contributed by atoms with Crippen molar-refractivity contribution in [2.75, 3.05) is 30.4 Å². The average Bonchev–Trinajstić information content (AvgIpc) is 3.19. The number of nitrogens with one attached hydrogen (secondary N) is 2. The van der Waals surface area contributed by atoms with Gasteiger partial charge in [-0.3, -0.25) is 10.3 Å². The molecule has 30 heavy (non-hydrogen) atoms. The van der Waals surface area contributed by atoms with E-state index in [1.807, 2.05) is 31.2 Å². The average molecular weight is 426 g/mol. The summed E-state index contributed by atoms with van der Waals surface area (Å²) in [7, 11) is 1.62. The number of aromatic nitrogens is 4. The summed E-state index contributed by atoms with van der Waals surface area (Å²) in [5.74, 6) is 1.56. The number of carbonyl (C=O) groups excluding carboxylic acids is 1. The standard InChI is InChI=1S/C20H23N7O2S/c1-13-9-19(30-26-13)25-20(28)24-17-6-8-27(18-5-7-21-12-23-18)11-15(17)16-4-3-14(29-2)10-22-16/h3-5,7,9-10,12,15,17H,6,8,11H2,1-2H3,(H2,24,25,28)/t15-,17+/m0/s1. The van der Waals surface area contributed by atoms with E-state index in [-0.39, 0.29) is 18.0 Å². The van der Waals surface area contributed by atoms with Crippen molar-refractivity contribution in [2.45, 2.75) is 25.3 Å². The zero-order valence-electron chi connectivity index (χ0n) is 16.8. The lowest BCUT2D eigenvalue weighted by atomic mass is 9.88. The van der Waals surface area contributed by atoms with E-state index >= 15 is 0 Å². The third-order valence-electron chi connectivity index (χ3n) is 5.06. The van der Waals surface area contributed by atoms with Gasteiger partial charge in [0.15, 0.2) is 0 Å². The van der Waals surface area contributed by atoms with Crippen molar-refractivity contribution in [3.05, 3.63) is 54.4 Å². The first-order chi connectivity index (χ1) is 14.6. The van der Waals surface area contributed by atoms with Crippen molar-refractivity contribution in [1.29, 1.82) is 0 Å². The van der Waals surface area contributed by atoms with Gasteiger partial charge >= 0.3 is 6.03 Å². The lowest BCUT2D eigenvalue weighted by Crippen LogP contribution is -2.51. The summed E-state index contributed by atoms with van der Waals surface area (Å²) >= 11 is 1.27. The van der Waals surface area contributed by atoms with E-state index in [4.69, 9.17) is 4.74 Å². The van der Waals surface area contributed by atoms with Crippen molar-refractivity contribution in [2.24, 2.45) is 0 Å². The Hall–Kier alpha value is -3.27. The number of anilines is 2. The fraction of sp³-hybridized carbons (Fsp3) is 0.350. The van der Waals surface area contributed by atoms with E-state index in [1.165, 1.54) is 11.5 Å². The molecule has 1 fully saturated rings. The van der Waals surface area contributed by atoms with Crippen LogP contribution in [0.2, 0.25) is 0 Å². The molecule has 3 aromatic rings. The molecule has 0 aliphatic carbocycles. The van der Waals surface area contributed by atoms with Gasteiger partial charge in [-0.05, 0) is 49.1 Å². The molecule has 1 aliphatic rings. The van der Waals surface area contributed by atoms with Gasteiger partial charge in [0.2, 0.25) is 0 Å². The van der Waals surface area contributed by atoms with Crippen molar-refractivity contribution in [3.63, 3.8) is 0 Å². The van der Waals surface area contributed by atoms with Crippen LogP contribution in [0.4, 0.5) is 15.6 Å². The minimum atomic E-state index is -0.238. The summed E-state index contributed by atoms with van der Waals surface area (Å²) in [6.45, 7) is 3.35. The Kier molecular flexibility index (Phi) is 6.03. The molecule has 2 atom stereocenters. The first-order valence-electron chi connectivity index (χ1n) is 9.64. The van der Waals surface area contributed by atoms with Gasteiger partial charge in [0.25, 0.3) is 0 Å². The highest BCUT2D eigenvalue weighted by atomic mass is 32.1. The molecular weight excluding hydrogens is 402 g/mol. The largest absolute Gasteiger partial charge is 0.495 e. The smallest absolute Gasteiger partial charge is 0.320 e. The summed E-state index contributed by atoms with van der Waals surface area (Å²) in [5, 5.41) is 6.72. The number of pyridine rings is 1. The molecule has 0 aromatic carbocycles. The van der Waals surface area contributed by atoms with Crippen molar-refractivity contribution < 1.29 is 9.53 Å². The van der Waals surface area contributed by atoms with Crippen LogP contribution in [0.25, 0.3) is 0 Å². The van der Waals surface area contributed by atoms with E-state index < -0.39 is 0 Å². The summed E-state index contributed by atoms with van der Waals surface area (Å²) in [6.07, 6.45) is 5.75. The minimum absolute atomic E-state index is 0.00596. The van der Waals surface area contributed by atoms with Crippen LogP contribution in [0, 0.1) is 6.92 Å². The second kappa shape index (κ2) is 9.04. The van der Waals surface area contributed by atoms with Crippen LogP contribution in [0.15, 0.2) is 43.0 Å². The monoisotopic (exact) mass is 425 g/mol. The Morgan fingerprint density at radius 2 is 2.20 bits per heavy atom. The molecule has 3 aromatic heterocycles. The molecule has 1 aliphatic heterocycles. The molecule has 156 valence electrons. The van der Waals surface area contributed by atoms with Gasteiger partial charge in [0.05, 0.1) is 19.0 Å². The molecule has 2 amide bonds. The molecule has 0 spiro atoms. The number of rotatable bonds is 5. The van der Waals surface area contributed by atoms with E-state index in [0.717, 1.165) is 35.2 Å². The minimum Gasteiger partial charge on any atom is -0.495 e. The quantitative estimate of drug-likeness (QED) is 0.647. The fourth-order valence-electron chi connectivity index (χ4n) is 3.57. The van der Waals surface area contributed by atoms with Crippen LogP contribution in [0.5, 0.6) is 5.75 Å². The third kappa shape index (κ3) is 4.65. The summed E-state index contributed by atoms with van der Waals surface area (Å²) in [6, 6.07) is 7.28. The Labute approximate surface area is 178 Å². The number of amides is 2. The maximum Gasteiger partial charge on any atom is 0.320 e. The van der Waals surface area contributed by atoms with E-state index in [0.29, 0.717) is 12.3 Å². The maximum absolute atomic E-state index is 12.6. The molecule has 0 unspecified atom stereocenters. The molecular formula is C20H23N7O2S. The van der Waals surface area contributed by atoms with Crippen LogP contribution in [0.3, 0.4) is 0 Å². The molecule has 0 saturated carbocycles. The van der Waals surface area contributed by atoms with E-state index in [1.54, 1.807) is 25.8 Å². The Morgan fingerprint density at radius 3 is 2.87 bits per heavy atom. The summed E-state index contributed by atoms with van der Waals surface area (Å²) in [4.78, 5) is 27.7. The van der Waals surface area contributed by atoms with Crippen molar-refractivity contribution >= 4 is 28.4 Å². The zero-order chi connectivity index (χ0) is 20.9. The second-order valence-corrected chi connectivity index (χ2v) is 7.87. The number of hydrogen-bond donors (Lipinski definition) is 2. The molecule has 0 bridgehead atoms. The molecule has 0 radical (unpaired) electrons. The number of piperidine rings is 1. The molecule has 4 heterocycles. The van der Waals surface area contributed by atoms with Gasteiger partial charge < -0.3 is 15.0 Å². The molecule has 9 nitrogen and oxygen atoms in total. The molecule has 1 saturated heterocycles. The summed E-state index contributed by atoms with van der Waals surface area (Å²) < 4.78 is 9.43. The predicted octanol–water partition coefficient (Wildman–Crippen LogP) is 2.83. The van der Waals surface area contributed by atoms with Gasteiger partial charge in [-0.1, -0.05) is 0 Å². The van der Waals surface area contributed by atoms with Gasteiger partial charge in [-0.2, -0.15) is 4.37 Å². The van der Waals surface area contributed by atoms with E-state index in [2.05, 4.69) is 34.9 Å². The van der Waals surface area contributed by atoms with Crippen LogP contribution >= 0.6 is 11.5 Å². The first kappa shape index (κ1) is 20.0. The fourth-order valence-corrected chi connectivity index (χ4v) is 4.23. The van der Waals surface area contributed by atoms with Crippen molar-refractivity contribution in [3.8, 4) is 5.75 Å². The van der Waals surface area contributed by atoms with E-state index in [9.17, 15) is 4.79 Å². The van der Waals surface area contributed by atoms with Gasteiger partial charge in [0, 0.05) is 36.9 Å². The van der Waals surface area contributed by atoms with Gasteiger partial charge in [-0.25, -0.2) is 14.8 Å². The molecule has 10 heteroatoms. The van der Waals surface area contributed by atoms with Crippen LogP contribution < -0.4 is 20.3 Å². The third-order valence-corrected chi connectivity index (χ3v) is 5.86. The number of methoxy groups -OCH3 is 1. The van der Waals surface area contributed by atoms with Crippen LogP contribution in [-0.4, -0.2) is 51.6 Å². The topological polar surface area (TPSA) is 105 Å². The van der Waals surface area contributed by atoms with Crippen LogP contribution in [-0.2, 0) is 0 Å². The number of carbonyl (C=O) groups is 1. The second-order valence-electron chi connectivity index (χ2n) is 7.07. The normalized spacial score (nSPS) is 18.7. The first-order valence-corrected chi connectivity index (χ1v) is 10.4. The predicted molar refractivity (Wildman–Crippen MR) is 115 cm³/mol. The Bertz CT molecular complexity index is 980. The number of urea groups is 1. The van der Waals surface area contributed by atoms with Gasteiger partial charge in [0.1, 0.15) is 22.9 Å². The van der Waals surface area contributed by atoms with Gasteiger partial charge in [-0.15, -0.1) is 0 Å². The highest BCUT2D eigenvalue weighted by Crippen LogP contribution is 2.29. The lowest BCUT2D eigenvalue weighted by Gasteiger charge is -2.39. The molecule has 2 N–H and O–H groups in total. The Balaban J connectivity index is 1.52. The van der Waals surface area contributed by atoms with Crippen LogP contribution in [0.1, 0.15) is 23.7 Å². The van der Waals surface area contributed by atoms with Crippen molar-refractivity contribution in [1.82, 2.24) is 24.6 Å². The highest BCUT2D eigenvalue weighted by molar-refractivity contribution is 7.10. The number of aryl methyl sites for hydroxylation is 1. The highest BCUT2D eigenvalue weighted by Gasteiger charge is 2.33.